The summed E-state index contributed by atoms with van der Waals surface area (Å²) < 4.78 is 4.68. The van der Waals surface area contributed by atoms with Crippen molar-refractivity contribution >= 4 is 11.9 Å². The quantitative estimate of drug-likeness (QED) is 0.361. The van der Waals surface area contributed by atoms with Gasteiger partial charge in [0.1, 0.15) is 5.75 Å². The first-order chi connectivity index (χ1) is 8.99. The molecule has 0 heterocycles. The van der Waals surface area contributed by atoms with Crippen LogP contribution in [-0.4, -0.2) is 24.1 Å². The zero-order valence-corrected chi connectivity index (χ0v) is 11.1. The highest BCUT2D eigenvalue weighted by atomic mass is 16.5. The van der Waals surface area contributed by atoms with Gasteiger partial charge in [0.2, 0.25) is 0 Å². The van der Waals surface area contributed by atoms with E-state index >= 15 is 0 Å². The maximum absolute atomic E-state index is 11.7. The summed E-state index contributed by atoms with van der Waals surface area (Å²) in [6.07, 6.45) is 1.58. The Morgan fingerprint density at radius 1 is 1.58 bits per heavy atom. The number of benzene rings is 1. The van der Waals surface area contributed by atoms with E-state index in [1.807, 2.05) is 6.92 Å². The van der Waals surface area contributed by atoms with Gasteiger partial charge in [-0.15, -0.1) is 0 Å². The Morgan fingerprint density at radius 3 is 2.79 bits per heavy atom. The van der Waals surface area contributed by atoms with Gasteiger partial charge in [-0.25, -0.2) is 4.79 Å². The van der Waals surface area contributed by atoms with Crippen LogP contribution in [0.25, 0.3) is 0 Å². The molecular formula is C13H19N3O3. The smallest absolute Gasteiger partial charge is 0.333 e. The number of hydrogen-bond acceptors (Lipinski definition) is 4. The molecule has 0 radical (unpaired) electrons. The van der Waals surface area contributed by atoms with Crippen LogP contribution in [0.1, 0.15) is 30.5 Å². The van der Waals surface area contributed by atoms with Gasteiger partial charge in [0.15, 0.2) is 12.0 Å². The second-order valence-electron chi connectivity index (χ2n) is 4.15. The summed E-state index contributed by atoms with van der Waals surface area (Å²) in [4.78, 5) is 11.7. The van der Waals surface area contributed by atoms with Crippen LogP contribution in [0.2, 0.25) is 0 Å². The number of phenolic OH excluding ortho intramolecular Hbond substituents is 1. The molecule has 104 valence electrons. The summed E-state index contributed by atoms with van der Waals surface area (Å²) in [5, 5.41) is 19.5. The Labute approximate surface area is 112 Å². The summed E-state index contributed by atoms with van der Waals surface area (Å²) in [5.41, 5.74) is 6.61. The number of carbonyl (C=O) groups excluding carboxylic acids is 1. The van der Waals surface area contributed by atoms with E-state index in [9.17, 15) is 9.90 Å². The van der Waals surface area contributed by atoms with Crippen molar-refractivity contribution < 1.29 is 14.6 Å². The molecule has 0 amide bonds. The molecule has 1 aromatic rings. The largest absolute Gasteiger partial charge is 0.508 e. The molecule has 0 spiro atoms. The van der Waals surface area contributed by atoms with Crippen LogP contribution in [0.15, 0.2) is 18.2 Å². The molecule has 0 bridgehead atoms. The number of phenols is 1. The van der Waals surface area contributed by atoms with E-state index in [0.717, 1.165) is 12.0 Å². The molecular weight excluding hydrogens is 246 g/mol. The van der Waals surface area contributed by atoms with E-state index in [2.05, 4.69) is 10.1 Å². The molecule has 5 N–H and O–H groups in total. The maximum Gasteiger partial charge on any atom is 0.333 e. The highest BCUT2D eigenvalue weighted by Gasteiger charge is 2.22. The van der Waals surface area contributed by atoms with Crippen LogP contribution in [-0.2, 0) is 16.0 Å². The molecule has 1 atom stereocenters. The number of nitrogens with one attached hydrogen (secondary N) is 2. The zero-order valence-electron chi connectivity index (χ0n) is 11.1. The molecule has 0 saturated carbocycles. The number of nitrogens with two attached hydrogens (primary N) is 1. The molecule has 1 aromatic carbocycles. The molecule has 0 saturated heterocycles. The standard InChI is InChI=1S/C13H19N3O3/c1-3-4-8-7-9(5-6-10(8)17)11(12(18)19-2)16-13(14)15/h5-7,11,17H,3-4H2,1-2H3,(H4,14,15,16). The van der Waals surface area contributed by atoms with Crippen LogP contribution < -0.4 is 11.1 Å². The minimum absolute atomic E-state index is 0.192. The van der Waals surface area contributed by atoms with Crippen molar-refractivity contribution in [2.24, 2.45) is 5.73 Å². The fraction of sp³-hybridized carbons (Fsp3) is 0.385. The maximum atomic E-state index is 11.7. The van der Waals surface area contributed by atoms with E-state index in [4.69, 9.17) is 11.1 Å². The topological polar surface area (TPSA) is 108 Å². The van der Waals surface area contributed by atoms with E-state index in [1.165, 1.54) is 13.2 Å². The number of ether oxygens (including phenoxy) is 1. The number of guanidine groups is 1. The molecule has 0 aliphatic carbocycles. The Bertz CT molecular complexity index is 474. The first-order valence-corrected chi connectivity index (χ1v) is 5.99. The molecule has 1 unspecified atom stereocenters. The van der Waals surface area contributed by atoms with Gasteiger partial charge in [0.25, 0.3) is 0 Å². The van der Waals surface area contributed by atoms with Crippen molar-refractivity contribution in [3.05, 3.63) is 29.3 Å². The van der Waals surface area contributed by atoms with Crippen molar-refractivity contribution in [1.82, 2.24) is 5.32 Å². The molecule has 0 aliphatic rings. The lowest BCUT2D eigenvalue weighted by atomic mass is 10.0. The summed E-state index contributed by atoms with van der Waals surface area (Å²) in [6.45, 7) is 2.00. The van der Waals surface area contributed by atoms with Gasteiger partial charge in [0, 0.05) is 0 Å². The van der Waals surface area contributed by atoms with Gasteiger partial charge in [-0.2, -0.15) is 0 Å². The second-order valence-corrected chi connectivity index (χ2v) is 4.15. The third kappa shape index (κ3) is 3.87. The van der Waals surface area contributed by atoms with Crippen LogP contribution in [0.3, 0.4) is 0 Å². The van der Waals surface area contributed by atoms with Crippen molar-refractivity contribution in [3.63, 3.8) is 0 Å². The number of aryl methyl sites for hydroxylation is 1. The molecule has 6 nitrogen and oxygen atoms in total. The van der Waals surface area contributed by atoms with Crippen molar-refractivity contribution in [1.29, 1.82) is 5.41 Å². The van der Waals surface area contributed by atoms with Crippen LogP contribution in [0, 0.1) is 5.41 Å². The summed E-state index contributed by atoms with van der Waals surface area (Å²) in [6, 6.07) is 4.00. The first-order valence-electron chi connectivity index (χ1n) is 5.99. The fourth-order valence-electron chi connectivity index (χ4n) is 1.81. The minimum Gasteiger partial charge on any atom is -0.508 e. The average molecular weight is 265 g/mol. The van der Waals surface area contributed by atoms with E-state index in [1.54, 1.807) is 12.1 Å². The van der Waals surface area contributed by atoms with Crippen molar-refractivity contribution in [3.8, 4) is 5.75 Å². The van der Waals surface area contributed by atoms with E-state index in [-0.39, 0.29) is 11.7 Å². The molecule has 0 aromatic heterocycles. The van der Waals surface area contributed by atoms with Gasteiger partial charge in [0.05, 0.1) is 7.11 Å². The van der Waals surface area contributed by atoms with Crippen molar-refractivity contribution in [2.75, 3.05) is 7.11 Å². The lowest BCUT2D eigenvalue weighted by Crippen LogP contribution is -2.38. The summed E-state index contributed by atoms with van der Waals surface area (Å²) >= 11 is 0. The monoisotopic (exact) mass is 265 g/mol. The Kier molecular flexibility index (Phi) is 5.17. The first kappa shape index (κ1) is 14.8. The lowest BCUT2D eigenvalue weighted by molar-refractivity contribution is -0.142. The van der Waals surface area contributed by atoms with Gasteiger partial charge >= 0.3 is 5.97 Å². The number of aromatic hydroxyl groups is 1. The van der Waals surface area contributed by atoms with Crippen LogP contribution in [0.4, 0.5) is 0 Å². The number of carbonyl (C=O) groups is 1. The van der Waals surface area contributed by atoms with E-state index < -0.39 is 12.0 Å². The normalized spacial score (nSPS) is 11.7. The average Bonchev–Trinajstić information content (AvgIpc) is 2.38. The van der Waals surface area contributed by atoms with Gasteiger partial charge < -0.3 is 20.9 Å². The van der Waals surface area contributed by atoms with Gasteiger partial charge in [-0.05, 0) is 29.7 Å². The second kappa shape index (κ2) is 6.63. The fourth-order valence-corrected chi connectivity index (χ4v) is 1.81. The number of esters is 1. The number of rotatable bonds is 5. The Balaban J connectivity index is 3.11. The highest BCUT2D eigenvalue weighted by molar-refractivity contribution is 5.85. The number of hydrogen-bond donors (Lipinski definition) is 4. The molecule has 19 heavy (non-hydrogen) atoms. The molecule has 6 heteroatoms. The predicted octanol–water partition coefficient (Wildman–Crippen LogP) is 1.04. The highest BCUT2D eigenvalue weighted by Crippen LogP contribution is 2.24. The summed E-state index contributed by atoms with van der Waals surface area (Å²) in [5.74, 6) is -0.666. The molecule has 0 fully saturated rings. The molecule has 1 rings (SSSR count). The lowest BCUT2D eigenvalue weighted by Gasteiger charge is -2.18. The Morgan fingerprint density at radius 2 is 2.26 bits per heavy atom. The minimum atomic E-state index is -0.848. The third-order valence-electron chi connectivity index (χ3n) is 2.69. The zero-order chi connectivity index (χ0) is 14.4. The van der Waals surface area contributed by atoms with Gasteiger partial charge in [-0.1, -0.05) is 19.4 Å². The van der Waals surface area contributed by atoms with Gasteiger partial charge in [-0.3, -0.25) is 5.41 Å². The van der Waals surface area contributed by atoms with E-state index in [0.29, 0.717) is 12.0 Å². The molecule has 0 aliphatic heterocycles. The SMILES string of the molecule is CCCc1cc(C(NC(=N)N)C(=O)OC)ccc1O. The third-order valence-corrected chi connectivity index (χ3v) is 2.69. The Hall–Kier alpha value is -2.24. The van der Waals surface area contributed by atoms with Crippen LogP contribution >= 0.6 is 0 Å². The predicted molar refractivity (Wildman–Crippen MR) is 71.9 cm³/mol. The van der Waals surface area contributed by atoms with Crippen molar-refractivity contribution in [2.45, 2.75) is 25.8 Å². The summed E-state index contributed by atoms with van der Waals surface area (Å²) in [7, 11) is 1.27. The number of methoxy groups -OCH3 is 1. The van der Waals surface area contributed by atoms with Crippen LogP contribution in [0.5, 0.6) is 5.75 Å².